The molecule has 0 spiro atoms. The van der Waals surface area contributed by atoms with Crippen LogP contribution in [0.25, 0.3) is 0 Å². The van der Waals surface area contributed by atoms with E-state index in [4.69, 9.17) is 0 Å². The molecule has 1 aromatic carbocycles. The van der Waals surface area contributed by atoms with E-state index < -0.39 is 0 Å². The second-order valence-electron chi connectivity index (χ2n) is 6.98. The molecule has 0 aliphatic carbocycles. The third-order valence-corrected chi connectivity index (χ3v) is 5.99. The van der Waals surface area contributed by atoms with E-state index in [0.717, 1.165) is 43.7 Å². The number of amides is 2. The Morgan fingerprint density at radius 2 is 2.00 bits per heavy atom. The Morgan fingerprint density at radius 3 is 2.70 bits per heavy atom. The first-order valence-corrected chi connectivity index (χ1v) is 10.3. The zero-order chi connectivity index (χ0) is 18.4. The number of hydrogen-bond acceptors (Lipinski definition) is 4. The molecule has 2 atom stereocenters. The summed E-state index contributed by atoms with van der Waals surface area (Å²) < 4.78 is 12.9. The summed E-state index contributed by atoms with van der Waals surface area (Å²) in [6.45, 7) is 3.01. The Hall–Kier alpha value is -1.31. The van der Waals surface area contributed by atoms with Crippen molar-refractivity contribution in [1.29, 1.82) is 0 Å². The fraction of sp³-hybridized carbons (Fsp3) is 0.579. The predicted octanol–water partition coefficient (Wildman–Crippen LogP) is 2.45. The summed E-state index contributed by atoms with van der Waals surface area (Å²) in [4.78, 5) is 27.4. The summed E-state index contributed by atoms with van der Waals surface area (Å²) in [5.74, 6) is 0.588. The number of hydrogen-bond donors (Lipinski definition) is 2. The van der Waals surface area contributed by atoms with Crippen molar-refractivity contribution < 1.29 is 14.0 Å². The maximum Gasteiger partial charge on any atom is 0.237 e. The first-order chi connectivity index (χ1) is 12.6. The normalized spacial score (nSPS) is 22.2. The van der Waals surface area contributed by atoms with Crippen molar-refractivity contribution in [2.24, 2.45) is 5.92 Å². The minimum absolute atomic E-state index is 0. The highest BCUT2D eigenvalue weighted by Crippen LogP contribution is 2.21. The minimum atomic E-state index is -0.269. The average Bonchev–Trinajstić information content (AvgIpc) is 3.20. The summed E-state index contributed by atoms with van der Waals surface area (Å²) in [5, 5.41) is 6.24. The van der Waals surface area contributed by atoms with Crippen LogP contribution in [-0.4, -0.2) is 54.7 Å². The second-order valence-corrected chi connectivity index (χ2v) is 8.03. The standard InChI is InChI=1S/C19H26FN3O2S.ClH/c20-15-5-7-16(8-6-15)26-13-18(24)23-10-2-3-14(12-23)11-22-19(25)17-4-1-9-21-17;/h5-8,14,17,21H,1-4,9-13H2,(H,22,25);1H. The quantitative estimate of drug-likeness (QED) is 0.700. The maximum absolute atomic E-state index is 12.9. The number of carbonyl (C=O) groups excluding carboxylic acids is 2. The van der Waals surface area contributed by atoms with Crippen molar-refractivity contribution in [3.05, 3.63) is 30.1 Å². The van der Waals surface area contributed by atoms with Gasteiger partial charge in [-0.2, -0.15) is 0 Å². The number of nitrogens with zero attached hydrogens (tertiary/aromatic N) is 1. The number of rotatable bonds is 6. The van der Waals surface area contributed by atoms with Gasteiger partial charge in [0.1, 0.15) is 5.82 Å². The maximum atomic E-state index is 12.9. The number of likely N-dealkylation sites (tertiary alicyclic amines) is 1. The highest BCUT2D eigenvalue weighted by Gasteiger charge is 2.26. The van der Waals surface area contributed by atoms with Crippen molar-refractivity contribution in [2.75, 3.05) is 31.9 Å². The van der Waals surface area contributed by atoms with Gasteiger partial charge >= 0.3 is 0 Å². The lowest BCUT2D eigenvalue weighted by Gasteiger charge is -2.33. The van der Waals surface area contributed by atoms with Gasteiger partial charge in [0.05, 0.1) is 11.8 Å². The van der Waals surface area contributed by atoms with Crippen LogP contribution in [0.3, 0.4) is 0 Å². The van der Waals surface area contributed by atoms with Crippen molar-refractivity contribution in [1.82, 2.24) is 15.5 Å². The van der Waals surface area contributed by atoms with E-state index in [0.29, 0.717) is 24.8 Å². The number of nitrogens with one attached hydrogen (secondary N) is 2. The van der Waals surface area contributed by atoms with Gasteiger partial charge in [0, 0.05) is 24.5 Å². The van der Waals surface area contributed by atoms with Crippen LogP contribution in [0.15, 0.2) is 29.2 Å². The van der Waals surface area contributed by atoms with Gasteiger partial charge in [-0.25, -0.2) is 4.39 Å². The Kier molecular flexibility index (Phi) is 8.86. The van der Waals surface area contributed by atoms with E-state index in [9.17, 15) is 14.0 Å². The van der Waals surface area contributed by atoms with Gasteiger partial charge < -0.3 is 15.5 Å². The van der Waals surface area contributed by atoms with Gasteiger partial charge in [-0.1, -0.05) is 0 Å². The monoisotopic (exact) mass is 415 g/mol. The van der Waals surface area contributed by atoms with E-state index >= 15 is 0 Å². The summed E-state index contributed by atoms with van der Waals surface area (Å²) in [6, 6.07) is 6.15. The largest absolute Gasteiger partial charge is 0.354 e. The van der Waals surface area contributed by atoms with Crippen molar-refractivity contribution >= 4 is 36.0 Å². The Morgan fingerprint density at radius 1 is 1.22 bits per heavy atom. The predicted molar refractivity (Wildman–Crippen MR) is 108 cm³/mol. The van der Waals surface area contributed by atoms with E-state index in [2.05, 4.69) is 10.6 Å². The van der Waals surface area contributed by atoms with Crippen LogP contribution < -0.4 is 10.6 Å². The molecule has 0 aromatic heterocycles. The van der Waals surface area contributed by atoms with Crippen molar-refractivity contribution in [3.8, 4) is 0 Å². The lowest BCUT2D eigenvalue weighted by molar-refractivity contribution is -0.130. The molecule has 5 nitrogen and oxygen atoms in total. The Bertz CT molecular complexity index is 626. The van der Waals surface area contributed by atoms with Gasteiger partial charge in [-0.3, -0.25) is 9.59 Å². The number of piperidine rings is 1. The third kappa shape index (κ3) is 6.66. The molecule has 0 radical (unpaired) electrons. The lowest BCUT2D eigenvalue weighted by Crippen LogP contribution is -2.47. The van der Waals surface area contributed by atoms with E-state index in [1.807, 2.05) is 4.90 Å². The lowest BCUT2D eigenvalue weighted by atomic mass is 9.98. The first kappa shape index (κ1) is 22.0. The zero-order valence-electron chi connectivity index (χ0n) is 15.3. The molecule has 2 fully saturated rings. The highest BCUT2D eigenvalue weighted by molar-refractivity contribution is 8.00. The molecule has 2 saturated heterocycles. The smallest absolute Gasteiger partial charge is 0.237 e. The molecule has 2 heterocycles. The average molecular weight is 416 g/mol. The molecule has 2 N–H and O–H groups in total. The van der Waals surface area contributed by atoms with Crippen LogP contribution in [0.2, 0.25) is 0 Å². The minimum Gasteiger partial charge on any atom is -0.354 e. The summed E-state index contributed by atoms with van der Waals surface area (Å²) >= 11 is 1.43. The van der Waals surface area contributed by atoms with Crippen LogP contribution in [-0.2, 0) is 9.59 Å². The first-order valence-electron chi connectivity index (χ1n) is 9.29. The van der Waals surface area contributed by atoms with Gasteiger partial charge in [0.25, 0.3) is 0 Å². The molecule has 2 unspecified atom stereocenters. The Balaban J connectivity index is 0.00000261. The number of halogens is 2. The van der Waals surface area contributed by atoms with Crippen LogP contribution in [0.4, 0.5) is 4.39 Å². The second kappa shape index (κ2) is 10.9. The number of benzene rings is 1. The zero-order valence-corrected chi connectivity index (χ0v) is 16.9. The van der Waals surface area contributed by atoms with Gasteiger partial charge in [-0.15, -0.1) is 24.2 Å². The van der Waals surface area contributed by atoms with Crippen molar-refractivity contribution in [2.45, 2.75) is 36.6 Å². The third-order valence-electron chi connectivity index (χ3n) is 4.99. The molecule has 150 valence electrons. The van der Waals surface area contributed by atoms with Crippen LogP contribution in [0.5, 0.6) is 0 Å². The molecule has 2 aliphatic heterocycles. The molecular formula is C19H27ClFN3O2S. The molecule has 27 heavy (non-hydrogen) atoms. The van der Waals surface area contributed by atoms with Gasteiger partial charge in [-0.05, 0) is 62.4 Å². The van der Waals surface area contributed by atoms with E-state index in [1.165, 1.54) is 23.9 Å². The molecule has 3 rings (SSSR count). The van der Waals surface area contributed by atoms with Crippen LogP contribution in [0.1, 0.15) is 25.7 Å². The SMILES string of the molecule is Cl.O=C(NCC1CCCN(C(=O)CSc2ccc(F)cc2)C1)C1CCCN1. The molecule has 0 saturated carbocycles. The molecule has 8 heteroatoms. The number of carbonyl (C=O) groups is 2. The van der Waals surface area contributed by atoms with Crippen LogP contribution >= 0.6 is 24.2 Å². The van der Waals surface area contributed by atoms with Gasteiger partial charge in [0.2, 0.25) is 11.8 Å². The fourth-order valence-corrected chi connectivity index (χ4v) is 4.30. The molecule has 2 aliphatic rings. The summed E-state index contributed by atoms with van der Waals surface area (Å²) in [7, 11) is 0. The topological polar surface area (TPSA) is 61.4 Å². The van der Waals surface area contributed by atoms with Gasteiger partial charge in [0.15, 0.2) is 0 Å². The summed E-state index contributed by atoms with van der Waals surface area (Å²) in [6.07, 6.45) is 3.96. The highest BCUT2D eigenvalue weighted by atomic mass is 35.5. The molecule has 2 amide bonds. The fourth-order valence-electron chi connectivity index (χ4n) is 3.50. The van der Waals surface area contributed by atoms with E-state index in [1.54, 1.807) is 12.1 Å². The summed E-state index contributed by atoms with van der Waals surface area (Å²) in [5.41, 5.74) is 0. The molecule has 0 bridgehead atoms. The number of thioether (sulfide) groups is 1. The molecule has 1 aromatic rings. The van der Waals surface area contributed by atoms with Crippen LogP contribution in [0, 0.1) is 11.7 Å². The molecular weight excluding hydrogens is 389 g/mol. The van der Waals surface area contributed by atoms with E-state index in [-0.39, 0.29) is 36.1 Å². The van der Waals surface area contributed by atoms with Crippen molar-refractivity contribution in [3.63, 3.8) is 0 Å². The Labute approximate surface area is 170 Å².